The van der Waals surface area contributed by atoms with Crippen molar-refractivity contribution in [2.24, 2.45) is 0 Å². The van der Waals surface area contributed by atoms with Gasteiger partial charge in [-0.25, -0.2) is 0 Å². The van der Waals surface area contributed by atoms with Crippen molar-refractivity contribution in [1.82, 2.24) is 10.2 Å². The highest BCUT2D eigenvalue weighted by molar-refractivity contribution is 7.09. The van der Waals surface area contributed by atoms with Crippen LogP contribution in [-0.4, -0.2) is 35.7 Å². The maximum absolute atomic E-state index is 12.4. The Balaban J connectivity index is 1.94. The molecule has 132 valence electrons. The molecule has 5 heteroatoms. The maximum Gasteiger partial charge on any atom is 0.234 e. The second-order valence-electron chi connectivity index (χ2n) is 5.96. The van der Waals surface area contributed by atoms with Gasteiger partial charge in [-0.1, -0.05) is 42.5 Å². The van der Waals surface area contributed by atoms with Crippen molar-refractivity contribution >= 4 is 23.0 Å². The van der Waals surface area contributed by atoms with E-state index in [2.05, 4.69) is 11.9 Å². The molecule has 2 rings (SSSR count). The summed E-state index contributed by atoms with van der Waals surface area (Å²) in [4.78, 5) is 27.5. The number of benzene rings is 1. The molecule has 1 N–H and O–H groups in total. The lowest BCUT2D eigenvalue weighted by Crippen LogP contribution is -2.45. The summed E-state index contributed by atoms with van der Waals surface area (Å²) >= 11 is 1.66. The van der Waals surface area contributed by atoms with Crippen LogP contribution in [0.3, 0.4) is 0 Å². The van der Waals surface area contributed by atoms with E-state index in [9.17, 15) is 9.59 Å². The lowest BCUT2D eigenvalue weighted by atomic mass is 10.0. The van der Waals surface area contributed by atoms with Gasteiger partial charge in [-0.3, -0.25) is 14.5 Å². The van der Waals surface area contributed by atoms with Crippen LogP contribution < -0.4 is 5.32 Å². The Morgan fingerprint density at radius 2 is 2.00 bits per heavy atom. The van der Waals surface area contributed by atoms with Gasteiger partial charge in [0.25, 0.3) is 0 Å². The molecule has 0 aliphatic carbocycles. The fourth-order valence-corrected chi connectivity index (χ4v) is 3.33. The number of thiophene rings is 1. The van der Waals surface area contributed by atoms with Gasteiger partial charge >= 0.3 is 0 Å². The van der Waals surface area contributed by atoms with Gasteiger partial charge in [-0.05, 0) is 30.4 Å². The summed E-state index contributed by atoms with van der Waals surface area (Å²) in [6.45, 7) is 6.83. The third-order valence-corrected chi connectivity index (χ3v) is 4.68. The maximum atomic E-state index is 12.4. The van der Waals surface area contributed by atoms with Crippen LogP contribution >= 0.6 is 11.3 Å². The average Bonchev–Trinajstić information content (AvgIpc) is 3.08. The van der Waals surface area contributed by atoms with E-state index in [4.69, 9.17) is 0 Å². The quantitative estimate of drug-likeness (QED) is 0.666. The summed E-state index contributed by atoms with van der Waals surface area (Å²) in [5.41, 5.74) is 1.03. The Bertz CT molecular complexity index is 683. The first kappa shape index (κ1) is 19.1. The van der Waals surface area contributed by atoms with Crippen LogP contribution in [0, 0.1) is 0 Å². The number of Topliss-reactive ketones (excluding diaryl/α,β-unsaturated/α-hetero) is 1. The minimum atomic E-state index is -0.498. The normalized spacial score (nSPS) is 11.9. The van der Waals surface area contributed by atoms with Crippen molar-refractivity contribution in [3.05, 3.63) is 70.9 Å². The minimum absolute atomic E-state index is 0.0364. The van der Waals surface area contributed by atoms with Crippen molar-refractivity contribution in [2.45, 2.75) is 25.9 Å². The van der Waals surface area contributed by atoms with Crippen LogP contribution in [0.15, 0.2) is 60.5 Å². The molecule has 1 unspecified atom stereocenters. The third kappa shape index (κ3) is 6.64. The molecule has 0 fully saturated rings. The van der Waals surface area contributed by atoms with E-state index in [0.29, 0.717) is 19.5 Å². The Hall–Kier alpha value is -2.24. The summed E-state index contributed by atoms with van der Waals surface area (Å²) in [6.07, 6.45) is 2.29. The molecule has 1 aromatic heterocycles. The van der Waals surface area contributed by atoms with Crippen LogP contribution in [0.4, 0.5) is 0 Å². The molecule has 1 heterocycles. The first-order valence-electron chi connectivity index (χ1n) is 8.28. The van der Waals surface area contributed by atoms with E-state index in [-0.39, 0.29) is 18.2 Å². The van der Waals surface area contributed by atoms with E-state index in [1.165, 1.54) is 11.8 Å². The molecule has 1 amide bonds. The number of rotatable bonds is 10. The largest absolute Gasteiger partial charge is 0.345 e. The van der Waals surface area contributed by atoms with Gasteiger partial charge in [0.15, 0.2) is 5.78 Å². The van der Waals surface area contributed by atoms with Crippen molar-refractivity contribution < 1.29 is 9.59 Å². The van der Waals surface area contributed by atoms with E-state index < -0.39 is 6.04 Å². The standard InChI is InChI=1S/C20H24N2O2S/c1-3-11-22(14-18-10-7-12-25-18)15-20(24)21-19(16(2)23)13-17-8-5-4-6-9-17/h3-10,12,19H,1,11,13-15H2,2H3,(H,21,24). The van der Waals surface area contributed by atoms with Crippen LogP contribution in [-0.2, 0) is 22.6 Å². The number of nitrogens with one attached hydrogen (secondary N) is 1. The van der Waals surface area contributed by atoms with Crippen LogP contribution in [0.2, 0.25) is 0 Å². The summed E-state index contributed by atoms with van der Waals surface area (Å²) in [5, 5.41) is 4.89. The summed E-state index contributed by atoms with van der Waals surface area (Å²) in [7, 11) is 0. The Kier molecular flexibility index (Phi) is 7.57. The van der Waals surface area contributed by atoms with Gasteiger partial charge in [-0.15, -0.1) is 17.9 Å². The first-order chi connectivity index (χ1) is 12.1. The summed E-state index contributed by atoms with van der Waals surface area (Å²) in [6, 6.07) is 13.3. The van der Waals surface area contributed by atoms with E-state index in [0.717, 1.165) is 5.56 Å². The van der Waals surface area contributed by atoms with Gasteiger partial charge in [0.05, 0.1) is 12.6 Å². The summed E-state index contributed by atoms with van der Waals surface area (Å²) < 4.78 is 0. The molecule has 0 radical (unpaired) electrons. The zero-order valence-corrected chi connectivity index (χ0v) is 15.3. The lowest BCUT2D eigenvalue weighted by Gasteiger charge is -2.22. The topological polar surface area (TPSA) is 49.4 Å². The fourth-order valence-electron chi connectivity index (χ4n) is 2.58. The van der Waals surface area contributed by atoms with Crippen molar-refractivity contribution in [2.75, 3.05) is 13.1 Å². The fraction of sp³-hybridized carbons (Fsp3) is 0.300. The summed E-state index contributed by atoms with van der Waals surface area (Å²) in [5.74, 6) is -0.180. The molecule has 0 saturated heterocycles. The minimum Gasteiger partial charge on any atom is -0.345 e. The molecule has 0 saturated carbocycles. The van der Waals surface area contributed by atoms with Crippen LogP contribution in [0.5, 0.6) is 0 Å². The number of hydrogen-bond donors (Lipinski definition) is 1. The smallest absolute Gasteiger partial charge is 0.234 e. The molecule has 4 nitrogen and oxygen atoms in total. The van der Waals surface area contributed by atoms with Crippen LogP contribution in [0.1, 0.15) is 17.4 Å². The van der Waals surface area contributed by atoms with Crippen molar-refractivity contribution in [3.8, 4) is 0 Å². The number of nitrogens with zero attached hydrogens (tertiary/aromatic N) is 1. The van der Waals surface area contributed by atoms with Crippen LogP contribution in [0.25, 0.3) is 0 Å². The molecule has 0 spiro atoms. The SMILES string of the molecule is C=CCN(CC(=O)NC(Cc1ccccc1)C(C)=O)Cc1cccs1. The second-order valence-corrected chi connectivity index (χ2v) is 6.99. The molecule has 0 bridgehead atoms. The third-order valence-electron chi connectivity index (χ3n) is 3.82. The van der Waals surface area contributed by atoms with E-state index >= 15 is 0 Å². The average molecular weight is 356 g/mol. The lowest BCUT2D eigenvalue weighted by molar-refractivity contribution is -0.127. The molecule has 0 aliphatic rings. The van der Waals surface area contributed by atoms with Gasteiger partial charge < -0.3 is 5.32 Å². The molecule has 1 atom stereocenters. The number of carbonyl (C=O) groups is 2. The van der Waals surface area contributed by atoms with Gasteiger partial charge in [0.2, 0.25) is 5.91 Å². The van der Waals surface area contributed by atoms with Gasteiger partial charge in [0.1, 0.15) is 0 Å². The van der Waals surface area contributed by atoms with Crippen molar-refractivity contribution in [3.63, 3.8) is 0 Å². The molecular weight excluding hydrogens is 332 g/mol. The second kappa shape index (κ2) is 9.91. The number of amides is 1. The van der Waals surface area contributed by atoms with Crippen molar-refractivity contribution in [1.29, 1.82) is 0 Å². The molecular formula is C20H24N2O2S. The van der Waals surface area contributed by atoms with Gasteiger partial charge in [0, 0.05) is 18.0 Å². The number of carbonyl (C=O) groups excluding carboxylic acids is 2. The Morgan fingerprint density at radius 1 is 1.24 bits per heavy atom. The zero-order chi connectivity index (χ0) is 18.1. The van der Waals surface area contributed by atoms with E-state index in [1.807, 2.05) is 52.7 Å². The molecule has 25 heavy (non-hydrogen) atoms. The van der Waals surface area contributed by atoms with Gasteiger partial charge in [-0.2, -0.15) is 0 Å². The highest BCUT2D eigenvalue weighted by atomic mass is 32.1. The first-order valence-corrected chi connectivity index (χ1v) is 9.16. The number of ketones is 1. The molecule has 0 aliphatic heterocycles. The molecule has 1 aromatic carbocycles. The molecule has 2 aromatic rings. The predicted octanol–water partition coefficient (Wildman–Crippen LogP) is 3.05. The highest BCUT2D eigenvalue weighted by Gasteiger charge is 2.19. The zero-order valence-electron chi connectivity index (χ0n) is 14.5. The predicted molar refractivity (Wildman–Crippen MR) is 103 cm³/mol. The Morgan fingerprint density at radius 3 is 2.60 bits per heavy atom. The monoisotopic (exact) mass is 356 g/mol. The number of hydrogen-bond acceptors (Lipinski definition) is 4. The Labute approximate surface area is 153 Å². The highest BCUT2D eigenvalue weighted by Crippen LogP contribution is 2.12. The van der Waals surface area contributed by atoms with E-state index in [1.54, 1.807) is 17.4 Å².